The Hall–Kier alpha value is -1.64. The Morgan fingerprint density at radius 1 is 1.06 bits per heavy atom. The SMILES string of the molecule is CC1(C)C(Nc2cnnc3ccccc23)C1(C)C. The van der Waals surface area contributed by atoms with Gasteiger partial charge in [0.2, 0.25) is 0 Å². The van der Waals surface area contributed by atoms with Crippen LogP contribution in [-0.2, 0) is 0 Å². The van der Waals surface area contributed by atoms with E-state index in [0.717, 1.165) is 16.6 Å². The van der Waals surface area contributed by atoms with Crippen LogP contribution in [0.5, 0.6) is 0 Å². The van der Waals surface area contributed by atoms with E-state index < -0.39 is 0 Å². The number of nitrogens with one attached hydrogen (secondary N) is 1. The molecule has 1 saturated carbocycles. The van der Waals surface area contributed by atoms with Gasteiger partial charge in [-0.05, 0) is 16.9 Å². The van der Waals surface area contributed by atoms with E-state index in [2.05, 4.69) is 49.3 Å². The smallest absolute Gasteiger partial charge is 0.0950 e. The number of aromatic nitrogens is 2. The van der Waals surface area contributed by atoms with Crippen molar-refractivity contribution in [3.05, 3.63) is 30.5 Å². The van der Waals surface area contributed by atoms with Gasteiger partial charge in [-0.2, -0.15) is 10.2 Å². The molecule has 0 atom stereocenters. The molecule has 0 bridgehead atoms. The first-order valence-corrected chi connectivity index (χ1v) is 6.41. The van der Waals surface area contributed by atoms with Gasteiger partial charge in [-0.25, -0.2) is 0 Å². The van der Waals surface area contributed by atoms with E-state index in [1.807, 2.05) is 24.4 Å². The molecule has 18 heavy (non-hydrogen) atoms. The molecular weight excluding hydrogens is 222 g/mol. The maximum absolute atomic E-state index is 4.15. The summed E-state index contributed by atoms with van der Waals surface area (Å²) in [6.07, 6.45) is 1.83. The van der Waals surface area contributed by atoms with Crippen LogP contribution in [0.3, 0.4) is 0 Å². The molecule has 3 heteroatoms. The van der Waals surface area contributed by atoms with E-state index in [1.54, 1.807) is 0 Å². The minimum Gasteiger partial charge on any atom is -0.379 e. The van der Waals surface area contributed by atoms with Gasteiger partial charge in [0.25, 0.3) is 0 Å². The third-order valence-electron chi connectivity index (χ3n) is 4.87. The summed E-state index contributed by atoms with van der Waals surface area (Å²) in [4.78, 5) is 0. The maximum atomic E-state index is 4.15. The predicted molar refractivity (Wildman–Crippen MR) is 74.5 cm³/mol. The van der Waals surface area contributed by atoms with Crippen LogP contribution in [-0.4, -0.2) is 16.2 Å². The van der Waals surface area contributed by atoms with Crippen LogP contribution in [0.15, 0.2) is 30.5 Å². The van der Waals surface area contributed by atoms with Gasteiger partial charge in [0.05, 0.1) is 17.4 Å². The number of fused-ring (bicyclic) bond motifs is 1. The van der Waals surface area contributed by atoms with Crippen molar-refractivity contribution in [3.63, 3.8) is 0 Å². The molecule has 1 aromatic heterocycles. The molecule has 94 valence electrons. The first-order chi connectivity index (χ1) is 8.44. The monoisotopic (exact) mass is 241 g/mol. The summed E-state index contributed by atoms with van der Waals surface area (Å²) >= 11 is 0. The molecule has 1 heterocycles. The molecule has 0 aliphatic heterocycles. The summed E-state index contributed by atoms with van der Waals surface area (Å²) in [6.45, 7) is 9.23. The van der Waals surface area contributed by atoms with Gasteiger partial charge in [0.15, 0.2) is 0 Å². The number of hydrogen-bond acceptors (Lipinski definition) is 3. The third kappa shape index (κ3) is 1.43. The summed E-state index contributed by atoms with van der Waals surface area (Å²) in [5.74, 6) is 0. The summed E-state index contributed by atoms with van der Waals surface area (Å²) in [6, 6.07) is 8.60. The minimum absolute atomic E-state index is 0.317. The Balaban J connectivity index is 1.98. The molecule has 1 aliphatic rings. The van der Waals surface area contributed by atoms with Gasteiger partial charge in [0.1, 0.15) is 0 Å². The zero-order chi connectivity index (χ0) is 13.0. The highest BCUT2D eigenvalue weighted by molar-refractivity contribution is 5.90. The topological polar surface area (TPSA) is 37.8 Å². The van der Waals surface area contributed by atoms with E-state index in [9.17, 15) is 0 Å². The van der Waals surface area contributed by atoms with Crippen LogP contribution in [0.4, 0.5) is 5.69 Å². The standard InChI is InChI=1S/C15H19N3/c1-14(2)13(15(14,3)4)17-12-9-16-18-11-8-6-5-7-10(11)12/h5-9,13H,1-4H3,(H,17,18). The molecule has 0 amide bonds. The van der Waals surface area contributed by atoms with E-state index in [0.29, 0.717) is 16.9 Å². The first kappa shape index (κ1) is 11.5. The highest BCUT2D eigenvalue weighted by Crippen LogP contribution is 2.63. The van der Waals surface area contributed by atoms with Crippen LogP contribution in [0, 0.1) is 10.8 Å². The summed E-state index contributed by atoms with van der Waals surface area (Å²) < 4.78 is 0. The van der Waals surface area contributed by atoms with Crippen molar-refractivity contribution in [2.75, 3.05) is 5.32 Å². The lowest BCUT2D eigenvalue weighted by Crippen LogP contribution is -2.10. The minimum atomic E-state index is 0.317. The van der Waals surface area contributed by atoms with Crippen LogP contribution in [0.1, 0.15) is 27.7 Å². The zero-order valence-corrected chi connectivity index (χ0v) is 11.4. The summed E-state index contributed by atoms with van der Waals surface area (Å²) in [5, 5.41) is 13.0. The van der Waals surface area contributed by atoms with Crippen molar-refractivity contribution in [1.82, 2.24) is 10.2 Å². The van der Waals surface area contributed by atoms with Gasteiger partial charge in [-0.3, -0.25) is 0 Å². The lowest BCUT2D eigenvalue weighted by atomic mass is 10.0. The second-order valence-corrected chi connectivity index (χ2v) is 6.30. The molecule has 0 saturated heterocycles. The fourth-order valence-corrected chi connectivity index (χ4v) is 2.83. The number of hydrogen-bond donors (Lipinski definition) is 1. The molecular formula is C15H19N3. The van der Waals surface area contributed by atoms with Crippen molar-refractivity contribution < 1.29 is 0 Å². The molecule has 3 rings (SSSR count). The lowest BCUT2D eigenvalue weighted by Gasteiger charge is -2.10. The van der Waals surface area contributed by atoms with E-state index in [-0.39, 0.29) is 0 Å². The van der Waals surface area contributed by atoms with Crippen LogP contribution in [0.25, 0.3) is 10.9 Å². The average Bonchev–Trinajstić information content (AvgIpc) is 2.72. The van der Waals surface area contributed by atoms with Crippen molar-refractivity contribution in [2.24, 2.45) is 10.8 Å². The molecule has 0 spiro atoms. The normalized spacial score (nSPS) is 20.9. The van der Waals surface area contributed by atoms with E-state index in [4.69, 9.17) is 0 Å². The third-order valence-corrected chi connectivity index (χ3v) is 4.87. The number of nitrogens with zero attached hydrogens (tertiary/aromatic N) is 2. The lowest BCUT2D eigenvalue weighted by molar-refractivity contribution is 0.457. The van der Waals surface area contributed by atoms with Gasteiger partial charge in [-0.15, -0.1) is 0 Å². The van der Waals surface area contributed by atoms with Gasteiger partial charge in [0, 0.05) is 11.4 Å². The van der Waals surface area contributed by atoms with Crippen molar-refractivity contribution in [1.29, 1.82) is 0 Å². The van der Waals surface area contributed by atoms with E-state index >= 15 is 0 Å². The van der Waals surface area contributed by atoms with Crippen molar-refractivity contribution in [3.8, 4) is 0 Å². The highest BCUT2D eigenvalue weighted by atomic mass is 15.1. The Morgan fingerprint density at radius 3 is 2.39 bits per heavy atom. The van der Waals surface area contributed by atoms with Crippen molar-refractivity contribution in [2.45, 2.75) is 33.7 Å². The Morgan fingerprint density at radius 2 is 1.72 bits per heavy atom. The molecule has 0 radical (unpaired) electrons. The second-order valence-electron chi connectivity index (χ2n) is 6.30. The van der Waals surface area contributed by atoms with E-state index in [1.165, 1.54) is 0 Å². The Labute approximate surface area is 108 Å². The molecule has 3 nitrogen and oxygen atoms in total. The average molecular weight is 241 g/mol. The predicted octanol–water partition coefficient (Wildman–Crippen LogP) is 3.48. The molecule has 1 aromatic carbocycles. The quantitative estimate of drug-likeness (QED) is 0.874. The first-order valence-electron chi connectivity index (χ1n) is 6.41. The number of rotatable bonds is 2. The van der Waals surface area contributed by atoms with Crippen LogP contribution in [0.2, 0.25) is 0 Å². The van der Waals surface area contributed by atoms with Gasteiger partial charge < -0.3 is 5.32 Å². The molecule has 1 fully saturated rings. The zero-order valence-electron chi connectivity index (χ0n) is 11.4. The summed E-state index contributed by atoms with van der Waals surface area (Å²) in [5.41, 5.74) is 2.66. The largest absolute Gasteiger partial charge is 0.379 e. The molecule has 2 aromatic rings. The fourth-order valence-electron chi connectivity index (χ4n) is 2.83. The molecule has 1 N–H and O–H groups in total. The Bertz CT molecular complexity index is 582. The summed E-state index contributed by atoms with van der Waals surface area (Å²) in [7, 11) is 0. The van der Waals surface area contributed by atoms with Gasteiger partial charge >= 0.3 is 0 Å². The maximum Gasteiger partial charge on any atom is 0.0950 e. The number of benzene rings is 1. The van der Waals surface area contributed by atoms with Crippen LogP contribution >= 0.6 is 0 Å². The Kier molecular flexibility index (Phi) is 2.19. The highest BCUT2D eigenvalue weighted by Gasteiger charge is 2.65. The van der Waals surface area contributed by atoms with Gasteiger partial charge in [-0.1, -0.05) is 45.9 Å². The number of anilines is 1. The fraction of sp³-hybridized carbons (Fsp3) is 0.467. The molecule has 0 unspecified atom stereocenters. The second kappa shape index (κ2) is 3.44. The molecule has 1 aliphatic carbocycles. The van der Waals surface area contributed by atoms with Crippen LogP contribution < -0.4 is 5.32 Å². The van der Waals surface area contributed by atoms with Crippen molar-refractivity contribution >= 4 is 16.6 Å².